The van der Waals surface area contributed by atoms with Gasteiger partial charge in [0.25, 0.3) is 0 Å². The average Bonchev–Trinajstić information content (AvgIpc) is 3.61. The van der Waals surface area contributed by atoms with Gasteiger partial charge in [0.05, 0.1) is 11.4 Å². The van der Waals surface area contributed by atoms with Crippen molar-refractivity contribution in [1.82, 2.24) is 9.97 Å². The van der Waals surface area contributed by atoms with Crippen LogP contribution in [0.15, 0.2) is 170 Å². The lowest BCUT2D eigenvalue weighted by Crippen LogP contribution is -2.50. The molecular formula is C50H40N2Si2. The Morgan fingerprint density at radius 3 is 1.22 bits per heavy atom. The van der Waals surface area contributed by atoms with Crippen molar-refractivity contribution < 1.29 is 0 Å². The van der Waals surface area contributed by atoms with Gasteiger partial charge in [-0.15, -0.1) is 0 Å². The molecule has 0 spiro atoms. The molecule has 0 N–H and O–H groups in total. The summed E-state index contributed by atoms with van der Waals surface area (Å²) in [6.07, 6.45) is 0. The summed E-state index contributed by atoms with van der Waals surface area (Å²) in [5, 5.41) is 6.08. The van der Waals surface area contributed by atoms with Crippen LogP contribution in [0.1, 0.15) is 0 Å². The van der Waals surface area contributed by atoms with E-state index in [0.29, 0.717) is 0 Å². The fourth-order valence-corrected chi connectivity index (χ4v) is 16.3. The first-order chi connectivity index (χ1) is 26.3. The van der Waals surface area contributed by atoms with Gasteiger partial charge in [-0.3, -0.25) is 0 Å². The van der Waals surface area contributed by atoms with Crippen molar-refractivity contribution in [1.29, 1.82) is 0 Å². The first-order valence-electron chi connectivity index (χ1n) is 18.9. The fraction of sp³-hybridized carbons (Fsp3) is 0.0800. The standard InChI is InChI=1S/C50H40N2Si2/c1-53(2)46-27-13-11-21-40(46)42-25-15-23-38(48(42)53)35-29-36(39-24-16-26-43-41-22-12-14-28-47(41)54(3,4)49(39)43)31-37(30-35)45-32-44(33-17-7-5-8-18-33)51-50(52-45)34-19-9-6-10-20-34/h5-32H,1-4H3. The maximum Gasteiger partial charge on any atom is 0.160 e. The smallest absolute Gasteiger partial charge is 0.160 e. The van der Waals surface area contributed by atoms with E-state index in [1.807, 2.05) is 6.07 Å². The zero-order valence-electron chi connectivity index (χ0n) is 31.1. The van der Waals surface area contributed by atoms with Crippen molar-refractivity contribution in [3.8, 4) is 78.4 Å². The van der Waals surface area contributed by atoms with Crippen LogP contribution in [0.5, 0.6) is 0 Å². The predicted octanol–water partition coefficient (Wildman–Crippen LogP) is 10.4. The number of aromatic nitrogens is 2. The van der Waals surface area contributed by atoms with Crippen molar-refractivity contribution in [2.75, 3.05) is 0 Å². The van der Waals surface area contributed by atoms with Crippen molar-refractivity contribution in [2.24, 2.45) is 0 Å². The lowest BCUT2D eigenvalue weighted by molar-refractivity contribution is 1.18. The summed E-state index contributed by atoms with van der Waals surface area (Å²) in [7, 11) is -4.02. The van der Waals surface area contributed by atoms with E-state index < -0.39 is 16.1 Å². The third kappa shape index (κ3) is 5.05. The van der Waals surface area contributed by atoms with E-state index in [1.54, 1.807) is 0 Å². The molecule has 7 aromatic carbocycles. The molecule has 2 aliphatic rings. The van der Waals surface area contributed by atoms with Crippen LogP contribution in [0.2, 0.25) is 26.2 Å². The lowest BCUT2D eigenvalue weighted by atomic mass is 9.92. The van der Waals surface area contributed by atoms with Crippen molar-refractivity contribution in [2.45, 2.75) is 26.2 Å². The van der Waals surface area contributed by atoms with Crippen LogP contribution in [0.3, 0.4) is 0 Å². The molecule has 258 valence electrons. The second-order valence-corrected chi connectivity index (χ2v) is 24.4. The Morgan fingerprint density at radius 2 is 0.704 bits per heavy atom. The van der Waals surface area contributed by atoms with Gasteiger partial charge in [0, 0.05) is 16.7 Å². The molecule has 0 fully saturated rings. The highest BCUT2D eigenvalue weighted by molar-refractivity contribution is 7.05. The zero-order valence-corrected chi connectivity index (χ0v) is 33.1. The topological polar surface area (TPSA) is 25.8 Å². The van der Waals surface area contributed by atoms with E-state index in [0.717, 1.165) is 33.9 Å². The zero-order chi connectivity index (χ0) is 36.6. The van der Waals surface area contributed by atoms with E-state index in [2.05, 4.69) is 190 Å². The molecule has 1 aromatic heterocycles. The Labute approximate surface area is 319 Å². The van der Waals surface area contributed by atoms with Crippen LogP contribution in [0.4, 0.5) is 0 Å². The minimum Gasteiger partial charge on any atom is -0.228 e. The average molecular weight is 725 g/mol. The Balaban J connectivity index is 1.26. The molecule has 3 heterocycles. The molecule has 2 nitrogen and oxygen atoms in total. The monoisotopic (exact) mass is 724 g/mol. The minimum atomic E-state index is -2.01. The van der Waals surface area contributed by atoms with Gasteiger partial charge >= 0.3 is 0 Å². The summed E-state index contributed by atoms with van der Waals surface area (Å²) in [6, 6.07) is 62.3. The molecule has 0 saturated heterocycles. The third-order valence-corrected chi connectivity index (χ3v) is 19.0. The van der Waals surface area contributed by atoms with Gasteiger partial charge in [0.2, 0.25) is 0 Å². The quantitative estimate of drug-likeness (QED) is 0.165. The van der Waals surface area contributed by atoms with Crippen LogP contribution in [0, 0.1) is 0 Å². The number of benzene rings is 7. The second kappa shape index (κ2) is 12.3. The summed E-state index contributed by atoms with van der Waals surface area (Å²) < 4.78 is 0. The summed E-state index contributed by atoms with van der Waals surface area (Å²) in [6.45, 7) is 10.1. The maximum absolute atomic E-state index is 5.34. The van der Waals surface area contributed by atoms with E-state index in [4.69, 9.17) is 9.97 Å². The predicted molar refractivity (Wildman–Crippen MR) is 234 cm³/mol. The van der Waals surface area contributed by atoms with Crippen LogP contribution < -0.4 is 20.7 Å². The molecule has 0 bridgehead atoms. The van der Waals surface area contributed by atoms with Gasteiger partial charge in [0.1, 0.15) is 16.1 Å². The minimum absolute atomic E-state index is 0.730. The summed E-state index contributed by atoms with van der Waals surface area (Å²) >= 11 is 0. The number of hydrogen-bond acceptors (Lipinski definition) is 2. The largest absolute Gasteiger partial charge is 0.228 e. The molecular weight excluding hydrogens is 685 g/mol. The highest BCUT2D eigenvalue weighted by Gasteiger charge is 2.41. The normalized spacial score (nSPS) is 14.2. The molecule has 4 heteroatoms. The van der Waals surface area contributed by atoms with E-state index in [1.165, 1.54) is 65.3 Å². The summed E-state index contributed by atoms with van der Waals surface area (Å²) in [5.41, 5.74) is 15.7. The number of nitrogens with zero attached hydrogens (tertiary/aromatic N) is 2. The molecule has 2 aliphatic heterocycles. The van der Waals surface area contributed by atoms with E-state index in [9.17, 15) is 0 Å². The van der Waals surface area contributed by atoms with Crippen LogP contribution in [-0.2, 0) is 0 Å². The molecule has 0 radical (unpaired) electrons. The van der Waals surface area contributed by atoms with Gasteiger partial charge in [-0.2, -0.15) is 0 Å². The van der Waals surface area contributed by atoms with E-state index >= 15 is 0 Å². The molecule has 8 aromatic rings. The van der Waals surface area contributed by atoms with Gasteiger partial charge in [-0.1, -0.05) is 172 Å². The molecule has 0 amide bonds. The SMILES string of the molecule is C[Si]1(C)c2ccccc2-c2cccc(-c3cc(-c4cc(-c5ccccc5)nc(-c5ccccc5)n4)cc(-c4cccc5c4[Si](C)(C)c4ccccc4-5)c3)c21. The van der Waals surface area contributed by atoms with Crippen molar-refractivity contribution in [3.05, 3.63) is 170 Å². The Bertz CT molecular complexity index is 2590. The van der Waals surface area contributed by atoms with Crippen molar-refractivity contribution in [3.63, 3.8) is 0 Å². The van der Waals surface area contributed by atoms with Gasteiger partial charge in [0.15, 0.2) is 5.82 Å². The number of hydrogen-bond donors (Lipinski definition) is 0. The first-order valence-corrected chi connectivity index (χ1v) is 24.9. The molecule has 0 unspecified atom stereocenters. The lowest BCUT2D eigenvalue weighted by Gasteiger charge is -2.24. The molecule has 0 atom stereocenters. The maximum atomic E-state index is 5.34. The molecule has 0 aliphatic carbocycles. The Kier molecular flexibility index (Phi) is 7.45. The Hall–Kier alpha value is -5.95. The molecule has 0 saturated carbocycles. The third-order valence-electron chi connectivity index (χ3n) is 11.8. The number of rotatable bonds is 5. The van der Waals surface area contributed by atoms with Gasteiger partial charge in [-0.05, 0) is 89.5 Å². The van der Waals surface area contributed by atoms with Crippen LogP contribution in [-0.4, -0.2) is 26.1 Å². The first kappa shape index (κ1) is 32.7. The Morgan fingerprint density at radius 1 is 0.315 bits per heavy atom. The molecule has 10 rings (SSSR count). The fourth-order valence-electron chi connectivity index (χ4n) is 9.33. The van der Waals surface area contributed by atoms with Gasteiger partial charge < -0.3 is 0 Å². The second-order valence-electron chi connectivity index (χ2n) is 15.8. The van der Waals surface area contributed by atoms with Crippen molar-refractivity contribution >= 4 is 36.9 Å². The van der Waals surface area contributed by atoms with Gasteiger partial charge in [-0.25, -0.2) is 9.97 Å². The summed E-state index contributed by atoms with van der Waals surface area (Å²) in [5.74, 6) is 0.730. The van der Waals surface area contributed by atoms with E-state index in [-0.39, 0.29) is 0 Å². The summed E-state index contributed by atoms with van der Waals surface area (Å²) in [4.78, 5) is 10.5. The van der Waals surface area contributed by atoms with Crippen LogP contribution >= 0.6 is 0 Å². The van der Waals surface area contributed by atoms with Crippen LogP contribution in [0.25, 0.3) is 78.4 Å². The highest BCUT2D eigenvalue weighted by Crippen LogP contribution is 2.40. The molecule has 54 heavy (non-hydrogen) atoms. The highest BCUT2D eigenvalue weighted by atomic mass is 28.3. The number of fused-ring (bicyclic) bond motifs is 6.